The van der Waals surface area contributed by atoms with Crippen LogP contribution in [0.1, 0.15) is 29.8 Å². The zero-order chi connectivity index (χ0) is 15.7. The normalized spacial score (nSPS) is 28.6. The first-order valence-electron chi connectivity index (χ1n) is 7.83. The zero-order valence-corrected chi connectivity index (χ0v) is 13.7. The quantitative estimate of drug-likeness (QED) is 0.873. The van der Waals surface area contributed by atoms with Crippen LogP contribution in [0.2, 0.25) is 0 Å². The fourth-order valence-corrected chi connectivity index (χ4v) is 5.47. The number of nitrogens with one attached hydrogen (secondary N) is 1. The van der Waals surface area contributed by atoms with E-state index in [0.717, 1.165) is 25.9 Å². The second-order valence-corrected chi connectivity index (χ2v) is 8.48. The molecule has 3 heterocycles. The van der Waals surface area contributed by atoms with E-state index in [1.165, 1.54) is 6.42 Å². The highest BCUT2D eigenvalue weighted by molar-refractivity contribution is 7.91. The van der Waals surface area contributed by atoms with Gasteiger partial charge in [0.15, 0.2) is 9.84 Å². The van der Waals surface area contributed by atoms with Gasteiger partial charge in [-0.15, -0.1) is 0 Å². The molecule has 2 aliphatic rings. The van der Waals surface area contributed by atoms with E-state index in [9.17, 15) is 13.2 Å². The van der Waals surface area contributed by atoms with E-state index in [-0.39, 0.29) is 29.5 Å². The predicted octanol–water partition coefficient (Wildman–Crippen LogP) is 0.406. The van der Waals surface area contributed by atoms with Gasteiger partial charge in [0.2, 0.25) is 0 Å². The average molecular weight is 325 g/mol. The Hall–Kier alpha value is -1.34. The number of aromatic nitrogens is 1. The Balaban J connectivity index is 1.75. The molecular weight excluding hydrogens is 302 g/mol. The standard InChI is InChI=1S/C15H23N3O3S/c1-17-7-5-6-13(17)15(19)16-12-10-22(20,21)11-14(12)18-8-3-2-4-9-18/h5-7,12,14H,2-4,8-11H2,1H3,(H,16,19)/t12-,14+/m1/s1. The topological polar surface area (TPSA) is 71.4 Å². The lowest BCUT2D eigenvalue weighted by Gasteiger charge is -2.35. The third-order valence-electron chi connectivity index (χ3n) is 4.68. The molecular formula is C15H23N3O3S. The van der Waals surface area contributed by atoms with Crippen LogP contribution in [-0.4, -0.2) is 60.5 Å². The summed E-state index contributed by atoms with van der Waals surface area (Å²) in [5.41, 5.74) is 0.557. The summed E-state index contributed by atoms with van der Waals surface area (Å²) >= 11 is 0. The molecule has 2 saturated heterocycles. The van der Waals surface area contributed by atoms with Gasteiger partial charge < -0.3 is 9.88 Å². The summed E-state index contributed by atoms with van der Waals surface area (Å²) in [6, 6.07) is 3.15. The molecule has 1 aromatic rings. The fourth-order valence-electron chi connectivity index (χ4n) is 3.52. The number of rotatable bonds is 3. The summed E-state index contributed by atoms with van der Waals surface area (Å²) in [4.78, 5) is 14.6. The molecule has 0 saturated carbocycles. The second-order valence-electron chi connectivity index (χ2n) is 6.33. The number of sulfone groups is 1. The maximum absolute atomic E-state index is 12.4. The van der Waals surface area contributed by atoms with E-state index in [0.29, 0.717) is 5.69 Å². The Morgan fingerprint density at radius 1 is 1.23 bits per heavy atom. The van der Waals surface area contributed by atoms with Crippen LogP contribution in [0.15, 0.2) is 18.3 Å². The number of hydrogen-bond donors (Lipinski definition) is 1. The largest absolute Gasteiger partial charge is 0.347 e. The minimum absolute atomic E-state index is 0.0460. The van der Waals surface area contributed by atoms with Gasteiger partial charge in [-0.25, -0.2) is 8.42 Å². The van der Waals surface area contributed by atoms with Crippen molar-refractivity contribution < 1.29 is 13.2 Å². The number of likely N-dealkylation sites (tertiary alicyclic amines) is 1. The average Bonchev–Trinajstić information content (AvgIpc) is 3.03. The molecule has 1 N–H and O–H groups in total. The van der Waals surface area contributed by atoms with Crippen molar-refractivity contribution in [2.75, 3.05) is 24.6 Å². The molecule has 2 atom stereocenters. The highest BCUT2D eigenvalue weighted by Crippen LogP contribution is 2.22. The molecule has 0 aromatic carbocycles. The molecule has 1 aromatic heterocycles. The van der Waals surface area contributed by atoms with Crippen molar-refractivity contribution in [3.05, 3.63) is 24.0 Å². The maximum atomic E-state index is 12.4. The molecule has 22 heavy (non-hydrogen) atoms. The molecule has 0 radical (unpaired) electrons. The van der Waals surface area contributed by atoms with Crippen LogP contribution < -0.4 is 5.32 Å². The summed E-state index contributed by atoms with van der Waals surface area (Å²) in [6.45, 7) is 1.85. The molecule has 6 nitrogen and oxygen atoms in total. The Kier molecular flexibility index (Phi) is 4.27. The Bertz CT molecular complexity index is 647. The van der Waals surface area contributed by atoms with Gasteiger partial charge in [0.1, 0.15) is 5.69 Å². The van der Waals surface area contributed by atoms with Gasteiger partial charge in [-0.1, -0.05) is 6.42 Å². The molecule has 0 spiro atoms. The van der Waals surface area contributed by atoms with E-state index < -0.39 is 9.84 Å². The summed E-state index contributed by atoms with van der Waals surface area (Å²) in [5, 5.41) is 2.94. The van der Waals surface area contributed by atoms with E-state index in [2.05, 4.69) is 10.2 Å². The molecule has 3 rings (SSSR count). The van der Waals surface area contributed by atoms with Crippen LogP contribution in [0.5, 0.6) is 0 Å². The van der Waals surface area contributed by atoms with Crippen molar-refractivity contribution in [3.8, 4) is 0 Å². The van der Waals surface area contributed by atoms with Crippen LogP contribution in [0.3, 0.4) is 0 Å². The van der Waals surface area contributed by atoms with Crippen molar-refractivity contribution in [3.63, 3.8) is 0 Å². The Morgan fingerprint density at radius 3 is 2.59 bits per heavy atom. The number of aryl methyl sites for hydroxylation is 1. The molecule has 0 unspecified atom stereocenters. The minimum Gasteiger partial charge on any atom is -0.347 e. The maximum Gasteiger partial charge on any atom is 0.268 e. The van der Waals surface area contributed by atoms with Gasteiger partial charge in [0.25, 0.3) is 5.91 Å². The second kappa shape index (κ2) is 6.04. The van der Waals surface area contributed by atoms with E-state index in [1.54, 1.807) is 10.6 Å². The minimum atomic E-state index is -3.08. The molecule has 0 aliphatic carbocycles. The van der Waals surface area contributed by atoms with Gasteiger partial charge in [0.05, 0.1) is 17.5 Å². The van der Waals surface area contributed by atoms with E-state index >= 15 is 0 Å². The highest BCUT2D eigenvalue weighted by Gasteiger charge is 2.42. The van der Waals surface area contributed by atoms with Crippen molar-refractivity contribution in [2.24, 2.45) is 7.05 Å². The Labute approximate surface area is 131 Å². The molecule has 122 valence electrons. The van der Waals surface area contributed by atoms with Crippen molar-refractivity contribution in [2.45, 2.75) is 31.3 Å². The Morgan fingerprint density at radius 2 is 1.95 bits per heavy atom. The first kappa shape index (κ1) is 15.6. The zero-order valence-electron chi connectivity index (χ0n) is 12.9. The third kappa shape index (κ3) is 3.20. The van der Waals surface area contributed by atoms with Crippen LogP contribution in [0.4, 0.5) is 0 Å². The smallest absolute Gasteiger partial charge is 0.268 e. The number of amides is 1. The van der Waals surface area contributed by atoms with Crippen LogP contribution in [0, 0.1) is 0 Å². The fraction of sp³-hybridized carbons (Fsp3) is 0.667. The lowest BCUT2D eigenvalue weighted by atomic mass is 10.0. The molecule has 2 aliphatic heterocycles. The van der Waals surface area contributed by atoms with Crippen LogP contribution >= 0.6 is 0 Å². The summed E-state index contributed by atoms with van der Waals surface area (Å²) in [6.07, 6.45) is 5.23. The van der Waals surface area contributed by atoms with Crippen molar-refractivity contribution in [1.82, 2.24) is 14.8 Å². The number of nitrogens with zero attached hydrogens (tertiary/aromatic N) is 2. The number of carbonyl (C=O) groups excluding carboxylic acids is 1. The van der Waals surface area contributed by atoms with E-state index in [4.69, 9.17) is 0 Å². The monoisotopic (exact) mass is 325 g/mol. The molecule has 0 bridgehead atoms. The first-order chi connectivity index (χ1) is 10.5. The molecule has 2 fully saturated rings. The summed E-state index contributed by atoms with van der Waals surface area (Å²) in [7, 11) is -1.27. The number of hydrogen-bond acceptors (Lipinski definition) is 4. The van der Waals surface area contributed by atoms with Gasteiger partial charge >= 0.3 is 0 Å². The van der Waals surface area contributed by atoms with Crippen molar-refractivity contribution in [1.29, 1.82) is 0 Å². The lowest BCUT2D eigenvalue weighted by molar-refractivity contribution is 0.0892. The van der Waals surface area contributed by atoms with Gasteiger partial charge in [-0.3, -0.25) is 9.69 Å². The van der Waals surface area contributed by atoms with Gasteiger partial charge in [-0.2, -0.15) is 0 Å². The number of piperidine rings is 1. The van der Waals surface area contributed by atoms with E-state index in [1.807, 2.05) is 19.3 Å². The molecule has 1 amide bonds. The predicted molar refractivity (Wildman–Crippen MR) is 84.5 cm³/mol. The number of carbonyl (C=O) groups is 1. The highest BCUT2D eigenvalue weighted by atomic mass is 32.2. The van der Waals surface area contributed by atoms with Crippen LogP contribution in [0.25, 0.3) is 0 Å². The third-order valence-corrected chi connectivity index (χ3v) is 6.39. The van der Waals surface area contributed by atoms with Crippen LogP contribution in [-0.2, 0) is 16.9 Å². The lowest BCUT2D eigenvalue weighted by Crippen LogP contribution is -2.52. The molecule has 7 heteroatoms. The van der Waals surface area contributed by atoms with Gasteiger partial charge in [0, 0.05) is 19.3 Å². The summed E-state index contributed by atoms with van der Waals surface area (Å²) in [5.74, 6) is 0.00620. The summed E-state index contributed by atoms with van der Waals surface area (Å²) < 4.78 is 25.8. The van der Waals surface area contributed by atoms with Crippen molar-refractivity contribution >= 4 is 15.7 Å². The SMILES string of the molecule is Cn1cccc1C(=O)N[C@@H]1CS(=O)(=O)C[C@@H]1N1CCCCC1. The first-order valence-corrected chi connectivity index (χ1v) is 9.65. The van der Waals surface area contributed by atoms with Gasteiger partial charge in [-0.05, 0) is 38.1 Å².